The van der Waals surface area contributed by atoms with Crippen molar-refractivity contribution in [3.63, 3.8) is 0 Å². The molecule has 1 amide bonds. The van der Waals surface area contributed by atoms with Crippen LogP contribution in [0.4, 0.5) is 5.69 Å². The highest BCUT2D eigenvalue weighted by Crippen LogP contribution is 2.27. The fraction of sp³-hybridized carbons (Fsp3) is 0.348. The van der Waals surface area contributed by atoms with E-state index in [1.807, 2.05) is 13.0 Å². The number of methoxy groups -OCH3 is 1. The molecular weight excluding hydrogens is 416 g/mol. The zero-order valence-corrected chi connectivity index (χ0v) is 18.4. The largest absolute Gasteiger partial charge is 0.497 e. The molecule has 1 N–H and O–H groups in total. The summed E-state index contributed by atoms with van der Waals surface area (Å²) in [6.07, 6.45) is 4.51. The van der Waals surface area contributed by atoms with Crippen molar-refractivity contribution in [2.45, 2.75) is 43.5 Å². The molecule has 1 aliphatic rings. The lowest BCUT2D eigenvalue weighted by Gasteiger charge is -2.32. The Kier molecular flexibility index (Phi) is 6.02. The molecule has 7 nitrogen and oxygen atoms in total. The molecule has 0 spiro atoms. The average Bonchev–Trinajstić information content (AvgIpc) is 3.16. The Balaban J connectivity index is 1.45. The normalized spacial score (nSPS) is 17.5. The number of fused-ring (bicyclic) bond motifs is 1. The van der Waals surface area contributed by atoms with E-state index in [0.29, 0.717) is 23.6 Å². The van der Waals surface area contributed by atoms with Crippen LogP contribution in [-0.4, -0.2) is 38.3 Å². The molecule has 164 valence electrons. The number of nitrogens with one attached hydrogen (secondary N) is 1. The van der Waals surface area contributed by atoms with Gasteiger partial charge in [-0.2, -0.15) is 4.31 Å². The first kappa shape index (κ1) is 21.4. The minimum absolute atomic E-state index is 0.00142. The summed E-state index contributed by atoms with van der Waals surface area (Å²) in [5, 5.41) is 3.65. The highest BCUT2D eigenvalue weighted by atomic mass is 32.2. The van der Waals surface area contributed by atoms with Crippen LogP contribution in [0.2, 0.25) is 0 Å². The third kappa shape index (κ3) is 4.45. The van der Waals surface area contributed by atoms with E-state index < -0.39 is 10.0 Å². The first-order valence-electron chi connectivity index (χ1n) is 10.3. The number of sulfonamides is 1. The molecule has 0 aliphatic carbocycles. The molecule has 31 heavy (non-hydrogen) atoms. The Morgan fingerprint density at radius 3 is 2.68 bits per heavy atom. The summed E-state index contributed by atoms with van der Waals surface area (Å²) in [6, 6.07) is 11.8. The molecule has 1 atom stereocenters. The van der Waals surface area contributed by atoms with Gasteiger partial charge in [0, 0.05) is 29.2 Å². The molecule has 1 aromatic heterocycles. The number of piperidine rings is 1. The van der Waals surface area contributed by atoms with Gasteiger partial charge in [-0.25, -0.2) is 8.42 Å². The standard InChI is InChI=1S/C23H26N2O5S/c1-16-5-3-4-12-25(16)31(27,28)20-9-6-18(7-10-20)24-23(26)13-17-15-30-22-11-8-19(29-2)14-21(17)22/h6-11,14-16H,3-5,12-13H2,1-2H3,(H,24,26). The maximum Gasteiger partial charge on any atom is 0.243 e. The van der Waals surface area contributed by atoms with Crippen molar-refractivity contribution in [3.8, 4) is 5.75 Å². The molecule has 0 radical (unpaired) electrons. The van der Waals surface area contributed by atoms with Gasteiger partial charge < -0.3 is 14.5 Å². The Hall–Kier alpha value is -2.84. The van der Waals surface area contributed by atoms with Gasteiger partial charge in [0.15, 0.2) is 0 Å². The number of anilines is 1. The van der Waals surface area contributed by atoms with E-state index in [9.17, 15) is 13.2 Å². The van der Waals surface area contributed by atoms with Gasteiger partial charge in [-0.05, 0) is 62.2 Å². The lowest BCUT2D eigenvalue weighted by atomic mass is 10.1. The van der Waals surface area contributed by atoms with Crippen molar-refractivity contribution in [2.24, 2.45) is 0 Å². The third-order valence-electron chi connectivity index (χ3n) is 5.70. The van der Waals surface area contributed by atoms with E-state index in [2.05, 4.69) is 5.32 Å². The summed E-state index contributed by atoms with van der Waals surface area (Å²) in [7, 11) is -1.95. The van der Waals surface area contributed by atoms with E-state index in [4.69, 9.17) is 9.15 Å². The molecule has 0 saturated carbocycles. The van der Waals surface area contributed by atoms with E-state index in [0.717, 1.165) is 30.2 Å². The first-order valence-corrected chi connectivity index (χ1v) is 11.8. The van der Waals surface area contributed by atoms with Crippen LogP contribution >= 0.6 is 0 Å². The summed E-state index contributed by atoms with van der Waals surface area (Å²) in [5.74, 6) is 0.473. The van der Waals surface area contributed by atoms with Crippen molar-refractivity contribution in [3.05, 3.63) is 54.3 Å². The molecular formula is C23H26N2O5S. The Bertz CT molecular complexity index is 1180. The highest BCUT2D eigenvalue weighted by Gasteiger charge is 2.30. The van der Waals surface area contributed by atoms with Gasteiger partial charge in [0.2, 0.25) is 15.9 Å². The predicted octanol–water partition coefficient (Wildman–Crippen LogP) is 4.19. The van der Waals surface area contributed by atoms with Crippen LogP contribution in [0.3, 0.4) is 0 Å². The number of nitrogens with zero attached hydrogens (tertiary/aromatic N) is 1. The van der Waals surface area contributed by atoms with Crippen molar-refractivity contribution in [2.75, 3.05) is 19.0 Å². The number of ether oxygens (including phenoxy) is 1. The molecule has 1 unspecified atom stereocenters. The number of hydrogen-bond donors (Lipinski definition) is 1. The fourth-order valence-corrected chi connectivity index (χ4v) is 5.68. The zero-order valence-electron chi connectivity index (χ0n) is 17.6. The second kappa shape index (κ2) is 8.72. The molecule has 1 saturated heterocycles. The van der Waals surface area contributed by atoms with Gasteiger partial charge in [-0.1, -0.05) is 6.42 Å². The monoisotopic (exact) mass is 442 g/mol. The predicted molar refractivity (Wildman–Crippen MR) is 119 cm³/mol. The van der Waals surface area contributed by atoms with Crippen molar-refractivity contribution >= 4 is 32.6 Å². The number of hydrogen-bond acceptors (Lipinski definition) is 5. The Morgan fingerprint density at radius 1 is 1.19 bits per heavy atom. The lowest BCUT2D eigenvalue weighted by Crippen LogP contribution is -2.41. The van der Waals surface area contributed by atoms with E-state index in [1.165, 1.54) is 0 Å². The van der Waals surface area contributed by atoms with Gasteiger partial charge in [0.05, 0.1) is 24.7 Å². The van der Waals surface area contributed by atoms with Crippen LogP contribution in [-0.2, 0) is 21.2 Å². The van der Waals surface area contributed by atoms with E-state index in [-0.39, 0.29) is 23.3 Å². The van der Waals surface area contributed by atoms with Crippen LogP contribution in [0, 0.1) is 0 Å². The van der Waals surface area contributed by atoms with Crippen LogP contribution in [0.1, 0.15) is 31.7 Å². The summed E-state index contributed by atoms with van der Waals surface area (Å²) >= 11 is 0. The Morgan fingerprint density at radius 2 is 1.97 bits per heavy atom. The fourth-order valence-electron chi connectivity index (χ4n) is 3.98. The second-order valence-electron chi connectivity index (χ2n) is 7.83. The Labute approximate surface area is 182 Å². The van der Waals surface area contributed by atoms with Gasteiger partial charge in [-0.15, -0.1) is 0 Å². The van der Waals surface area contributed by atoms with Crippen LogP contribution in [0.5, 0.6) is 5.75 Å². The third-order valence-corrected chi connectivity index (χ3v) is 7.73. The highest BCUT2D eigenvalue weighted by molar-refractivity contribution is 7.89. The molecule has 3 aromatic rings. The minimum Gasteiger partial charge on any atom is -0.497 e. The lowest BCUT2D eigenvalue weighted by molar-refractivity contribution is -0.115. The van der Waals surface area contributed by atoms with E-state index in [1.54, 1.807) is 54.1 Å². The number of benzene rings is 2. The molecule has 1 aliphatic heterocycles. The van der Waals surface area contributed by atoms with Gasteiger partial charge in [0.1, 0.15) is 11.3 Å². The molecule has 1 fully saturated rings. The van der Waals surface area contributed by atoms with Gasteiger partial charge in [-0.3, -0.25) is 4.79 Å². The van der Waals surface area contributed by atoms with Crippen molar-refractivity contribution in [1.82, 2.24) is 4.31 Å². The van der Waals surface area contributed by atoms with Gasteiger partial charge >= 0.3 is 0 Å². The zero-order chi connectivity index (χ0) is 22.0. The van der Waals surface area contributed by atoms with Gasteiger partial charge in [0.25, 0.3) is 0 Å². The summed E-state index contributed by atoms with van der Waals surface area (Å²) in [6.45, 7) is 2.49. The summed E-state index contributed by atoms with van der Waals surface area (Å²) < 4.78 is 38.2. The van der Waals surface area contributed by atoms with Crippen molar-refractivity contribution < 1.29 is 22.4 Å². The molecule has 2 aromatic carbocycles. The number of amides is 1. The minimum atomic E-state index is -3.53. The SMILES string of the molecule is COc1ccc2occ(CC(=O)Nc3ccc(S(=O)(=O)N4CCCCC4C)cc3)c2c1. The molecule has 0 bridgehead atoms. The topological polar surface area (TPSA) is 88.8 Å². The smallest absolute Gasteiger partial charge is 0.243 e. The summed E-state index contributed by atoms with van der Waals surface area (Å²) in [4.78, 5) is 12.8. The molecule has 4 rings (SSSR count). The van der Waals surface area contributed by atoms with E-state index >= 15 is 0 Å². The average molecular weight is 443 g/mol. The number of carbonyl (C=O) groups excluding carboxylic acids is 1. The number of rotatable bonds is 6. The van der Waals surface area contributed by atoms with Crippen LogP contribution in [0.15, 0.2) is 58.0 Å². The maximum atomic E-state index is 12.9. The molecule has 8 heteroatoms. The maximum absolute atomic E-state index is 12.9. The summed E-state index contributed by atoms with van der Waals surface area (Å²) in [5.41, 5.74) is 1.98. The van der Waals surface area contributed by atoms with Crippen LogP contribution in [0.25, 0.3) is 11.0 Å². The first-order chi connectivity index (χ1) is 14.9. The molecule has 2 heterocycles. The second-order valence-corrected chi connectivity index (χ2v) is 9.72. The van der Waals surface area contributed by atoms with Crippen molar-refractivity contribution in [1.29, 1.82) is 0 Å². The number of carbonyl (C=O) groups is 1. The number of furan rings is 1. The van der Waals surface area contributed by atoms with Crippen LogP contribution < -0.4 is 10.1 Å². The quantitative estimate of drug-likeness (QED) is 0.618.